The fourth-order valence-corrected chi connectivity index (χ4v) is 2.52. The molecule has 1 rings (SSSR count). The number of likely N-dealkylation sites (tertiary alicyclic amines) is 1. The van der Waals surface area contributed by atoms with Crippen molar-refractivity contribution in [2.24, 2.45) is 4.99 Å². The minimum atomic E-state index is 0.561. The van der Waals surface area contributed by atoms with Crippen molar-refractivity contribution in [1.29, 1.82) is 0 Å². The van der Waals surface area contributed by atoms with Gasteiger partial charge >= 0.3 is 0 Å². The molecule has 19 heavy (non-hydrogen) atoms. The summed E-state index contributed by atoms with van der Waals surface area (Å²) in [6, 6.07) is 1.23. The molecule has 0 saturated carbocycles. The molecule has 1 heterocycles. The molecule has 0 aromatic carbocycles. The molecule has 0 spiro atoms. The number of hydrogen-bond acceptors (Lipinski definition) is 3. The van der Waals surface area contributed by atoms with Gasteiger partial charge in [-0.1, -0.05) is 6.92 Å². The molecule has 0 aromatic rings. The zero-order chi connectivity index (χ0) is 14.3. The van der Waals surface area contributed by atoms with Crippen LogP contribution in [0.25, 0.3) is 0 Å². The number of nitrogens with one attached hydrogen (secondary N) is 2. The van der Waals surface area contributed by atoms with Gasteiger partial charge in [0.05, 0.1) is 0 Å². The molecule has 1 aliphatic rings. The van der Waals surface area contributed by atoms with Gasteiger partial charge in [-0.15, -0.1) is 0 Å². The molecule has 1 unspecified atom stereocenters. The van der Waals surface area contributed by atoms with E-state index in [1.54, 1.807) is 0 Å². The summed E-state index contributed by atoms with van der Waals surface area (Å²) in [5.74, 6) is 0.948. The third-order valence-corrected chi connectivity index (χ3v) is 4.76. The number of hydrogen-bond donors (Lipinski definition) is 2. The van der Waals surface area contributed by atoms with Crippen molar-refractivity contribution in [2.75, 3.05) is 32.9 Å². The minimum absolute atomic E-state index is 0.561. The second-order valence-electron chi connectivity index (χ2n) is 5.55. The number of guanidine groups is 1. The third kappa shape index (κ3) is 6.04. The SMILES string of the molecule is CN=C(NCC(C)SC)NC1CCN(C(C)C)CC1. The minimum Gasteiger partial charge on any atom is -0.355 e. The lowest BCUT2D eigenvalue weighted by molar-refractivity contribution is 0.167. The maximum absolute atomic E-state index is 4.31. The van der Waals surface area contributed by atoms with Gasteiger partial charge in [0, 0.05) is 44.0 Å². The predicted molar refractivity (Wildman–Crippen MR) is 87.2 cm³/mol. The van der Waals surface area contributed by atoms with Crippen molar-refractivity contribution in [2.45, 2.75) is 50.9 Å². The summed E-state index contributed by atoms with van der Waals surface area (Å²) < 4.78 is 0. The van der Waals surface area contributed by atoms with Gasteiger partial charge in [0.15, 0.2) is 5.96 Å². The maximum atomic E-state index is 4.31. The lowest BCUT2D eigenvalue weighted by atomic mass is 10.0. The van der Waals surface area contributed by atoms with E-state index in [2.05, 4.69) is 47.6 Å². The van der Waals surface area contributed by atoms with Crippen molar-refractivity contribution in [3.63, 3.8) is 0 Å². The van der Waals surface area contributed by atoms with Gasteiger partial charge in [-0.3, -0.25) is 4.99 Å². The Morgan fingerprint density at radius 2 is 1.95 bits per heavy atom. The van der Waals surface area contributed by atoms with Crippen LogP contribution in [0.2, 0.25) is 0 Å². The molecule has 1 saturated heterocycles. The molecule has 0 aliphatic carbocycles. The number of rotatable bonds is 5. The number of aliphatic imine (C=N–C) groups is 1. The first-order valence-corrected chi connectivity index (χ1v) is 8.59. The Hall–Kier alpha value is -0.420. The number of nitrogens with zero attached hydrogens (tertiary/aromatic N) is 2. The van der Waals surface area contributed by atoms with E-state index in [4.69, 9.17) is 0 Å². The Morgan fingerprint density at radius 3 is 2.42 bits per heavy atom. The van der Waals surface area contributed by atoms with Crippen molar-refractivity contribution < 1.29 is 0 Å². The number of thioether (sulfide) groups is 1. The molecule has 2 N–H and O–H groups in total. The zero-order valence-electron chi connectivity index (χ0n) is 13.1. The van der Waals surface area contributed by atoms with Gasteiger partial charge in [-0.2, -0.15) is 11.8 Å². The highest BCUT2D eigenvalue weighted by molar-refractivity contribution is 7.99. The number of piperidine rings is 1. The summed E-state index contributed by atoms with van der Waals surface area (Å²) in [6.45, 7) is 10.1. The second kappa shape index (κ2) is 8.69. The average molecular weight is 286 g/mol. The van der Waals surface area contributed by atoms with E-state index in [0.29, 0.717) is 17.3 Å². The van der Waals surface area contributed by atoms with Crippen LogP contribution in [0.3, 0.4) is 0 Å². The van der Waals surface area contributed by atoms with E-state index in [9.17, 15) is 0 Å². The van der Waals surface area contributed by atoms with E-state index in [0.717, 1.165) is 12.5 Å². The van der Waals surface area contributed by atoms with Crippen molar-refractivity contribution in [3.8, 4) is 0 Å². The zero-order valence-corrected chi connectivity index (χ0v) is 13.9. The molecule has 0 bridgehead atoms. The summed E-state index contributed by atoms with van der Waals surface area (Å²) in [7, 11) is 1.85. The first-order chi connectivity index (χ1) is 9.06. The van der Waals surface area contributed by atoms with Crippen LogP contribution >= 0.6 is 11.8 Å². The van der Waals surface area contributed by atoms with Crippen LogP contribution in [0.5, 0.6) is 0 Å². The van der Waals surface area contributed by atoms with E-state index >= 15 is 0 Å². The third-order valence-electron chi connectivity index (χ3n) is 3.78. The summed E-state index contributed by atoms with van der Waals surface area (Å²) in [4.78, 5) is 6.86. The normalized spacial score (nSPS) is 20.6. The molecule has 112 valence electrons. The fourth-order valence-electron chi connectivity index (χ4n) is 2.27. The highest BCUT2D eigenvalue weighted by Crippen LogP contribution is 2.12. The highest BCUT2D eigenvalue weighted by atomic mass is 32.2. The van der Waals surface area contributed by atoms with Gasteiger partial charge in [0.25, 0.3) is 0 Å². The van der Waals surface area contributed by atoms with Gasteiger partial charge in [-0.25, -0.2) is 0 Å². The van der Waals surface area contributed by atoms with E-state index in [-0.39, 0.29) is 0 Å². The summed E-state index contributed by atoms with van der Waals surface area (Å²) in [5.41, 5.74) is 0. The standard InChI is InChI=1S/C14H30N4S/c1-11(2)18-8-6-13(7-9-18)17-14(15-4)16-10-12(3)19-5/h11-13H,6-10H2,1-5H3,(H2,15,16,17). The molecule has 4 nitrogen and oxygen atoms in total. The van der Waals surface area contributed by atoms with Crippen LogP contribution in [0.1, 0.15) is 33.6 Å². The van der Waals surface area contributed by atoms with Gasteiger partial charge < -0.3 is 15.5 Å². The smallest absolute Gasteiger partial charge is 0.191 e. The Labute approximate surface area is 122 Å². The summed E-state index contributed by atoms with van der Waals surface area (Å²) >= 11 is 1.87. The molecule has 0 radical (unpaired) electrons. The molecule has 1 atom stereocenters. The van der Waals surface area contributed by atoms with Crippen molar-refractivity contribution in [1.82, 2.24) is 15.5 Å². The lowest BCUT2D eigenvalue weighted by Crippen LogP contribution is -2.50. The molecule has 5 heteroatoms. The monoisotopic (exact) mass is 286 g/mol. The Balaban J connectivity index is 2.30. The molecule has 0 amide bonds. The quantitative estimate of drug-likeness (QED) is 0.597. The average Bonchev–Trinajstić information content (AvgIpc) is 2.43. The van der Waals surface area contributed by atoms with E-state index in [1.165, 1.54) is 25.9 Å². The Morgan fingerprint density at radius 1 is 1.32 bits per heavy atom. The first-order valence-electron chi connectivity index (χ1n) is 7.30. The van der Waals surface area contributed by atoms with Crippen LogP contribution in [0.4, 0.5) is 0 Å². The van der Waals surface area contributed by atoms with E-state index < -0.39 is 0 Å². The molecule has 1 aliphatic heterocycles. The van der Waals surface area contributed by atoms with Crippen LogP contribution < -0.4 is 10.6 Å². The van der Waals surface area contributed by atoms with Gasteiger partial charge in [0.1, 0.15) is 0 Å². The Bertz CT molecular complexity index is 273. The van der Waals surface area contributed by atoms with E-state index in [1.807, 2.05) is 18.8 Å². The predicted octanol–water partition coefficient (Wildman–Crippen LogP) is 1.78. The molecule has 0 aromatic heterocycles. The van der Waals surface area contributed by atoms with Crippen LogP contribution in [0, 0.1) is 0 Å². The van der Waals surface area contributed by atoms with Crippen LogP contribution in [-0.2, 0) is 0 Å². The Kier molecular flexibility index (Phi) is 7.61. The van der Waals surface area contributed by atoms with Gasteiger partial charge in [-0.05, 0) is 32.9 Å². The van der Waals surface area contributed by atoms with Gasteiger partial charge in [0.2, 0.25) is 0 Å². The van der Waals surface area contributed by atoms with Crippen LogP contribution in [-0.4, -0.2) is 61.1 Å². The summed E-state index contributed by atoms with van der Waals surface area (Å²) in [6.07, 6.45) is 4.55. The highest BCUT2D eigenvalue weighted by Gasteiger charge is 2.21. The van der Waals surface area contributed by atoms with Crippen molar-refractivity contribution >= 4 is 17.7 Å². The largest absolute Gasteiger partial charge is 0.355 e. The second-order valence-corrected chi connectivity index (χ2v) is 6.82. The maximum Gasteiger partial charge on any atom is 0.191 e. The lowest BCUT2D eigenvalue weighted by Gasteiger charge is -2.35. The molecule has 1 fully saturated rings. The first kappa shape index (κ1) is 16.6. The molecular formula is C14H30N4S. The topological polar surface area (TPSA) is 39.7 Å². The fraction of sp³-hybridized carbons (Fsp3) is 0.929. The molecular weight excluding hydrogens is 256 g/mol. The van der Waals surface area contributed by atoms with Crippen LogP contribution in [0.15, 0.2) is 4.99 Å². The van der Waals surface area contributed by atoms with Crippen molar-refractivity contribution in [3.05, 3.63) is 0 Å². The summed E-state index contributed by atoms with van der Waals surface area (Å²) in [5, 5.41) is 7.57.